The first-order valence-corrected chi connectivity index (χ1v) is 14.7. The summed E-state index contributed by atoms with van der Waals surface area (Å²) < 4.78 is 19.3. The van der Waals surface area contributed by atoms with Crippen LogP contribution in [0.5, 0.6) is 0 Å². The number of rotatable bonds is 4. The minimum atomic E-state index is -5.43. The Morgan fingerprint density at radius 3 is 1.62 bits per heavy atom. The van der Waals surface area contributed by atoms with Crippen molar-refractivity contribution in [3.63, 3.8) is 0 Å². The molecule has 0 radical (unpaired) electrons. The molecule has 4 heteroatoms. The van der Waals surface area contributed by atoms with Crippen LogP contribution in [-0.4, -0.2) is 21.3 Å². The van der Waals surface area contributed by atoms with E-state index in [1.165, 1.54) is 0 Å². The minimum absolute atomic E-state index is 0.801. The van der Waals surface area contributed by atoms with E-state index in [-0.39, 0.29) is 0 Å². The van der Waals surface area contributed by atoms with Crippen LogP contribution < -0.4 is 0 Å². The first-order valence-electron chi connectivity index (χ1n) is 5.80. The average Bonchev–Trinajstić information content (AvgIpc) is 2.75. The predicted octanol–water partition coefficient (Wildman–Crippen LogP) is 4.00. The standard InChI is InChI=1S/C5H5.3CH3O.4CH3.Ti/c1-2-4-5-3-1;3*1-2;;;;;/h1-3H,4H2;3*1H3;4*1H3;/q;3*-1;;;;;+3. The average molecular weight is 266 g/mol. The molecule has 0 atom stereocenters. The van der Waals surface area contributed by atoms with E-state index in [0.717, 1.165) is 10.3 Å². The summed E-state index contributed by atoms with van der Waals surface area (Å²) in [6, 6.07) is 0. The number of allylic oxidation sites excluding steroid dienone is 4. The van der Waals surface area contributed by atoms with Crippen LogP contribution in [0.25, 0.3) is 0 Å². The van der Waals surface area contributed by atoms with Gasteiger partial charge in [0.1, 0.15) is 0 Å². The zero-order chi connectivity index (χ0) is 12.9. The summed E-state index contributed by atoms with van der Waals surface area (Å²) in [5.74, 6) is 0. The molecule has 0 heterocycles. The van der Waals surface area contributed by atoms with Crippen molar-refractivity contribution in [2.75, 3.05) is 21.3 Å². The van der Waals surface area contributed by atoms with Gasteiger partial charge < -0.3 is 0 Å². The zero-order valence-corrected chi connectivity index (χ0v) is 13.2. The SMILES string of the molecule is C[O][Ti]([CH3])([CH3])([CH3])([CH3])([O]C)([O]C)[C]1=CC=CC1. The Hall–Kier alpha value is 0.0743. The second kappa shape index (κ2) is 2.06. The van der Waals surface area contributed by atoms with Crippen LogP contribution >= 0.6 is 0 Å². The van der Waals surface area contributed by atoms with E-state index in [1.807, 2.05) is 27.0 Å². The third-order valence-electron chi connectivity index (χ3n) is 5.70. The van der Waals surface area contributed by atoms with Gasteiger partial charge in [-0.1, -0.05) is 0 Å². The van der Waals surface area contributed by atoms with Crippen molar-refractivity contribution in [1.29, 1.82) is 0 Å². The summed E-state index contributed by atoms with van der Waals surface area (Å²) in [5.41, 5.74) is 0. The molecule has 0 fully saturated rings. The Morgan fingerprint density at radius 1 is 0.938 bits per heavy atom. The fraction of sp³-hybridized carbons (Fsp3) is 0.667. The Kier molecular flexibility index (Phi) is 1.82. The Morgan fingerprint density at radius 2 is 1.38 bits per heavy atom. The van der Waals surface area contributed by atoms with Gasteiger partial charge in [0.2, 0.25) is 0 Å². The zero-order valence-electron chi connectivity index (χ0n) is 11.7. The quantitative estimate of drug-likeness (QED) is 0.720. The van der Waals surface area contributed by atoms with Gasteiger partial charge in [0.15, 0.2) is 0 Å². The summed E-state index contributed by atoms with van der Waals surface area (Å²) in [7, 11) is 5.02. The van der Waals surface area contributed by atoms with E-state index < -0.39 is 12.6 Å². The monoisotopic (exact) mass is 266 g/mol. The van der Waals surface area contributed by atoms with Crippen molar-refractivity contribution in [3.05, 3.63) is 22.1 Å². The molecule has 0 aliphatic heterocycles. The summed E-state index contributed by atoms with van der Waals surface area (Å²) in [6.45, 7) is 0. The van der Waals surface area contributed by atoms with Crippen LogP contribution in [0.15, 0.2) is 22.1 Å². The molecule has 0 saturated carbocycles. The Balaban J connectivity index is 3.87. The van der Waals surface area contributed by atoms with Crippen LogP contribution in [0.4, 0.5) is 0 Å². The van der Waals surface area contributed by atoms with Gasteiger partial charge in [-0.3, -0.25) is 0 Å². The maximum absolute atomic E-state index is 6.08. The van der Waals surface area contributed by atoms with Gasteiger partial charge in [-0.15, -0.1) is 0 Å². The molecule has 1 rings (SSSR count). The van der Waals surface area contributed by atoms with Crippen molar-refractivity contribution in [3.8, 4) is 0 Å². The third-order valence-corrected chi connectivity index (χ3v) is 21.7. The van der Waals surface area contributed by atoms with Crippen molar-refractivity contribution in [1.82, 2.24) is 0 Å². The number of hydrogen-bond acceptors (Lipinski definition) is 3. The molecule has 0 spiro atoms. The molecule has 0 saturated heterocycles. The van der Waals surface area contributed by atoms with Gasteiger partial charge in [0.05, 0.1) is 0 Å². The summed E-state index contributed by atoms with van der Waals surface area (Å²) >= 11 is -5.43. The molecule has 16 heavy (non-hydrogen) atoms. The van der Waals surface area contributed by atoms with Crippen molar-refractivity contribution in [2.24, 2.45) is 0 Å². The first-order chi connectivity index (χ1) is 6.81. The second-order valence-corrected chi connectivity index (χ2v) is 33.7. The van der Waals surface area contributed by atoms with Crippen LogP contribution in [0.1, 0.15) is 6.42 Å². The van der Waals surface area contributed by atoms with Gasteiger partial charge in [-0.05, 0) is 0 Å². The first kappa shape index (κ1) is 14.1. The van der Waals surface area contributed by atoms with Gasteiger partial charge in [-0.25, -0.2) is 0 Å². The summed E-state index contributed by atoms with van der Waals surface area (Å²) in [5, 5.41) is 8.02. The Labute approximate surface area is 93.3 Å². The van der Waals surface area contributed by atoms with Crippen LogP contribution in [-0.2, 0) is 22.6 Å². The molecule has 0 unspecified atom stereocenters. The molecule has 1 aliphatic carbocycles. The van der Waals surface area contributed by atoms with Crippen molar-refractivity contribution in [2.45, 2.75) is 27.3 Å². The molecule has 0 aromatic rings. The molecule has 1 aliphatic rings. The van der Waals surface area contributed by atoms with E-state index in [1.54, 1.807) is 21.3 Å². The summed E-state index contributed by atoms with van der Waals surface area (Å²) in [6.07, 6.45) is 6.97. The summed E-state index contributed by atoms with van der Waals surface area (Å²) in [4.78, 5) is 0. The van der Waals surface area contributed by atoms with E-state index in [9.17, 15) is 0 Å². The van der Waals surface area contributed by atoms with Crippen molar-refractivity contribution < 1.29 is 22.6 Å². The van der Waals surface area contributed by atoms with E-state index in [4.69, 9.17) is 9.96 Å². The van der Waals surface area contributed by atoms with Gasteiger partial charge in [0, 0.05) is 0 Å². The Bertz CT molecular complexity index is 420. The molecular weight excluding hydrogens is 240 g/mol. The van der Waals surface area contributed by atoms with Gasteiger partial charge in [0.25, 0.3) is 0 Å². The molecule has 0 amide bonds. The predicted molar refractivity (Wildman–Crippen MR) is 66.3 cm³/mol. The molecule has 0 bridgehead atoms. The van der Waals surface area contributed by atoms with Gasteiger partial charge >= 0.3 is 93.3 Å². The normalized spacial score (nSPS) is 26.3. The van der Waals surface area contributed by atoms with Crippen LogP contribution in [0.2, 0.25) is 20.9 Å². The maximum atomic E-state index is 6.08. The molecule has 96 valence electrons. The number of hydrogen-bond donors (Lipinski definition) is 0. The van der Waals surface area contributed by atoms with Crippen molar-refractivity contribution >= 4 is 0 Å². The van der Waals surface area contributed by atoms with Crippen LogP contribution in [0, 0.1) is 0 Å². The molecule has 0 aromatic heterocycles. The fourth-order valence-electron chi connectivity index (χ4n) is 2.06. The molecular formula is C12H26O3Ti. The van der Waals surface area contributed by atoms with E-state index in [0.29, 0.717) is 0 Å². The molecule has 0 N–H and O–H groups in total. The van der Waals surface area contributed by atoms with E-state index >= 15 is 0 Å². The fourth-order valence-corrected chi connectivity index (χ4v) is 7.43. The molecule has 0 aromatic carbocycles. The van der Waals surface area contributed by atoms with E-state index in [2.05, 4.69) is 12.2 Å². The molecule has 3 nitrogen and oxygen atoms in total. The van der Waals surface area contributed by atoms with Gasteiger partial charge in [-0.2, -0.15) is 0 Å². The second-order valence-electron chi connectivity index (χ2n) is 8.94. The third kappa shape index (κ3) is 1.36. The topological polar surface area (TPSA) is 27.7 Å². The van der Waals surface area contributed by atoms with Crippen LogP contribution in [0.3, 0.4) is 0 Å².